The first-order valence-corrected chi connectivity index (χ1v) is 7.75. The van der Waals surface area contributed by atoms with Crippen LogP contribution in [0.15, 0.2) is 48.5 Å². The third-order valence-corrected chi connectivity index (χ3v) is 4.19. The zero-order valence-electron chi connectivity index (χ0n) is 12.4. The van der Waals surface area contributed by atoms with Crippen molar-refractivity contribution in [3.8, 4) is 5.75 Å². The Labute approximate surface area is 135 Å². The number of carbonyl (C=O) groups is 1. The van der Waals surface area contributed by atoms with E-state index in [0.717, 1.165) is 18.4 Å². The highest BCUT2D eigenvalue weighted by Gasteiger charge is 2.33. The lowest BCUT2D eigenvalue weighted by molar-refractivity contribution is 0.0931. The summed E-state index contributed by atoms with van der Waals surface area (Å²) in [6.45, 7) is 0. The fourth-order valence-corrected chi connectivity index (χ4v) is 2.69. The smallest absolute Gasteiger partial charge is 0.251 e. The highest BCUT2D eigenvalue weighted by molar-refractivity contribution is 6.30. The molecule has 3 rings (SSSR count). The van der Waals surface area contributed by atoms with Crippen LogP contribution >= 0.6 is 11.6 Å². The molecule has 0 bridgehead atoms. The van der Waals surface area contributed by atoms with Crippen molar-refractivity contribution in [1.82, 2.24) is 5.32 Å². The van der Waals surface area contributed by atoms with Gasteiger partial charge in [-0.3, -0.25) is 4.79 Å². The summed E-state index contributed by atoms with van der Waals surface area (Å²) in [6.07, 6.45) is 2.29. The van der Waals surface area contributed by atoms with E-state index in [-0.39, 0.29) is 11.9 Å². The Morgan fingerprint density at radius 1 is 1.23 bits per heavy atom. The van der Waals surface area contributed by atoms with E-state index in [1.54, 1.807) is 19.2 Å². The third-order valence-electron chi connectivity index (χ3n) is 3.94. The highest BCUT2D eigenvalue weighted by Crippen LogP contribution is 2.41. The Kier molecular flexibility index (Phi) is 4.34. The number of hydrogen-bond donors (Lipinski definition) is 1. The normalized spacial score (nSPS) is 15.2. The first-order valence-electron chi connectivity index (χ1n) is 7.38. The molecule has 0 saturated heterocycles. The van der Waals surface area contributed by atoms with E-state index < -0.39 is 0 Å². The second kappa shape index (κ2) is 6.41. The van der Waals surface area contributed by atoms with Crippen LogP contribution in [-0.2, 0) is 0 Å². The Balaban J connectivity index is 1.78. The Morgan fingerprint density at radius 3 is 2.59 bits per heavy atom. The lowest BCUT2D eigenvalue weighted by atomic mass is 10.0. The maximum atomic E-state index is 12.5. The van der Waals surface area contributed by atoms with E-state index in [0.29, 0.717) is 22.3 Å². The van der Waals surface area contributed by atoms with Crippen molar-refractivity contribution in [2.45, 2.75) is 18.9 Å². The summed E-state index contributed by atoms with van der Waals surface area (Å²) in [5.41, 5.74) is 1.71. The van der Waals surface area contributed by atoms with Gasteiger partial charge >= 0.3 is 0 Å². The number of benzene rings is 2. The lowest BCUT2D eigenvalue weighted by Crippen LogP contribution is -2.29. The molecule has 2 aromatic carbocycles. The van der Waals surface area contributed by atoms with Crippen LogP contribution in [0.2, 0.25) is 5.02 Å². The summed E-state index contributed by atoms with van der Waals surface area (Å²) in [7, 11) is 1.59. The molecule has 0 aliphatic heterocycles. The Hall–Kier alpha value is -2.00. The number of ether oxygens (including phenoxy) is 1. The molecule has 1 fully saturated rings. The molecule has 1 amide bonds. The highest BCUT2D eigenvalue weighted by atomic mass is 35.5. The number of methoxy groups -OCH3 is 1. The average molecular weight is 316 g/mol. The van der Waals surface area contributed by atoms with Gasteiger partial charge in [-0.15, -0.1) is 0 Å². The zero-order valence-corrected chi connectivity index (χ0v) is 13.1. The van der Waals surface area contributed by atoms with E-state index in [2.05, 4.69) is 5.32 Å². The van der Waals surface area contributed by atoms with Crippen molar-refractivity contribution in [3.05, 3.63) is 64.7 Å². The van der Waals surface area contributed by atoms with Gasteiger partial charge in [0.05, 0.1) is 13.2 Å². The molecule has 1 aliphatic rings. The number of halogens is 1. The first-order chi connectivity index (χ1) is 10.7. The second-order valence-corrected chi connectivity index (χ2v) is 6.01. The van der Waals surface area contributed by atoms with Crippen LogP contribution in [0.3, 0.4) is 0 Å². The van der Waals surface area contributed by atoms with Gasteiger partial charge in [-0.05, 0) is 54.7 Å². The minimum absolute atomic E-state index is 0.0379. The minimum Gasteiger partial charge on any atom is -0.497 e. The maximum absolute atomic E-state index is 12.5. The van der Waals surface area contributed by atoms with E-state index in [1.165, 1.54) is 0 Å². The molecular weight excluding hydrogens is 298 g/mol. The standard InChI is InChI=1S/C18H18ClNO2/c1-22-16-4-2-3-14(11-16)18(21)20-17(12-5-6-12)13-7-9-15(19)10-8-13/h2-4,7-12,17H,5-6H2,1H3,(H,20,21). The molecule has 4 heteroatoms. The maximum Gasteiger partial charge on any atom is 0.251 e. The van der Waals surface area contributed by atoms with Crippen molar-refractivity contribution in [3.63, 3.8) is 0 Å². The Bertz CT molecular complexity index is 665. The molecule has 1 atom stereocenters. The molecule has 3 nitrogen and oxygen atoms in total. The van der Waals surface area contributed by atoms with Gasteiger partial charge in [-0.2, -0.15) is 0 Å². The molecule has 0 heterocycles. The minimum atomic E-state index is -0.0780. The molecule has 0 radical (unpaired) electrons. The lowest BCUT2D eigenvalue weighted by Gasteiger charge is -2.19. The quantitative estimate of drug-likeness (QED) is 0.896. The first kappa shape index (κ1) is 14.9. The molecule has 2 aromatic rings. The van der Waals surface area contributed by atoms with Gasteiger partial charge in [-0.25, -0.2) is 0 Å². The van der Waals surface area contributed by atoms with Crippen molar-refractivity contribution < 1.29 is 9.53 Å². The van der Waals surface area contributed by atoms with Gasteiger partial charge in [0.25, 0.3) is 5.91 Å². The second-order valence-electron chi connectivity index (χ2n) is 5.57. The van der Waals surface area contributed by atoms with Gasteiger partial charge in [0.15, 0.2) is 0 Å². The van der Waals surface area contributed by atoms with Gasteiger partial charge in [0.2, 0.25) is 0 Å². The van der Waals surface area contributed by atoms with Crippen molar-refractivity contribution in [1.29, 1.82) is 0 Å². The summed E-state index contributed by atoms with van der Waals surface area (Å²) in [5, 5.41) is 3.85. The van der Waals surface area contributed by atoms with Crippen LogP contribution in [0.1, 0.15) is 34.8 Å². The summed E-state index contributed by atoms with van der Waals surface area (Å²) in [4.78, 5) is 12.5. The predicted octanol–water partition coefficient (Wildman–Crippen LogP) is 4.23. The molecule has 1 aliphatic carbocycles. The van der Waals surface area contributed by atoms with Gasteiger partial charge in [0, 0.05) is 10.6 Å². The zero-order chi connectivity index (χ0) is 15.5. The van der Waals surface area contributed by atoms with Crippen molar-refractivity contribution in [2.75, 3.05) is 7.11 Å². The number of amides is 1. The molecule has 22 heavy (non-hydrogen) atoms. The largest absolute Gasteiger partial charge is 0.497 e. The van der Waals surface area contributed by atoms with E-state index >= 15 is 0 Å². The van der Waals surface area contributed by atoms with Crippen LogP contribution in [0, 0.1) is 5.92 Å². The Morgan fingerprint density at radius 2 is 1.95 bits per heavy atom. The van der Waals surface area contributed by atoms with E-state index in [4.69, 9.17) is 16.3 Å². The SMILES string of the molecule is COc1cccc(C(=O)NC(c2ccc(Cl)cc2)C2CC2)c1. The number of rotatable bonds is 5. The van der Waals surface area contributed by atoms with Crippen molar-refractivity contribution in [2.24, 2.45) is 5.92 Å². The molecule has 1 saturated carbocycles. The molecule has 0 aromatic heterocycles. The van der Waals surface area contributed by atoms with E-state index in [9.17, 15) is 4.79 Å². The number of nitrogens with one attached hydrogen (secondary N) is 1. The van der Waals surface area contributed by atoms with E-state index in [1.807, 2.05) is 36.4 Å². The van der Waals surface area contributed by atoms with Gasteiger partial charge in [0.1, 0.15) is 5.75 Å². The molecule has 0 spiro atoms. The van der Waals surface area contributed by atoms with Gasteiger partial charge < -0.3 is 10.1 Å². The fraction of sp³-hybridized carbons (Fsp3) is 0.278. The van der Waals surface area contributed by atoms with Crippen LogP contribution in [0.5, 0.6) is 5.75 Å². The summed E-state index contributed by atoms with van der Waals surface area (Å²) in [5.74, 6) is 1.11. The molecule has 1 N–H and O–H groups in total. The summed E-state index contributed by atoms with van der Waals surface area (Å²) < 4.78 is 5.17. The topological polar surface area (TPSA) is 38.3 Å². The average Bonchev–Trinajstić information content (AvgIpc) is 3.38. The number of carbonyl (C=O) groups excluding carboxylic acids is 1. The van der Waals surface area contributed by atoms with Crippen LogP contribution < -0.4 is 10.1 Å². The predicted molar refractivity (Wildman–Crippen MR) is 87.4 cm³/mol. The summed E-state index contributed by atoms with van der Waals surface area (Å²) >= 11 is 5.95. The monoisotopic (exact) mass is 315 g/mol. The number of hydrogen-bond acceptors (Lipinski definition) is 2. The van der Waals surface area contributed by atoms with Crippen LogP contribution in [0.25, 0.3) is 0 Å². The van der Waals surface area contributed by atoms with Crippen molar-refractivity contribution >= 4 is 17.5 Å². The molecular formula is C18H18ClNO2. The van der Waals surface area contributed by atoms with Crippen LogP contribution in [0.4, 0.5) is 0 Å². The molecule has 114 valence electrons. The van der Waals surface area contributed by atoms with Crippen LogP contribution in [-0.4, -0.2) is 13.0 Å². The van der Waals surface area contributed by atoms with Gasteiger partial charge in [-0.1, -0.05) is 29.8 Å². The summed E-state index contributed by atoms with van der Waals surface area (Å²) in [6, 6.07) is 14.9. The molecule has 1 unspecified atom stereocenters. The third kappa shape index (κ3) is 3.42. The fourth-order valence-electron chi connectivity index (χ4n) is 2.56.